The van der Waals surface area contributed by atoms with Gasteiger partial charge in [-0.25, -0.2) is 4.98 Å². The molecule has 3 rings (SSSR count). The highest BCUT2D eigenvalue weighted by Crippen LogP contribution is 2.35. The van der Waals surface area contributed by atoms with E-state index in [0.29, 0.717) is 12.1 Å². The van der Waals surface area contributed by atoms with Gasteiger partial charge in [0.1, 0.15) is 11.7 Å². The zero-order chi connectivity index (χ0) is 28.7. The van der Waals surface area contributed by atoms with E-state index in [1.807, 2.05) is 44.2 Å². The van der Waals surface area contributed by atoms with Gasteiger partial charge in [0.15, 0.2) is 5.78 Å². The van der Waals surface area contributed by atoms with Gasteiger partial charge >= 0.3 is 13.1 Å². The van der Waals surface area contributed by atoms with Gasteiger partial charge in [0, 0.05) is 17.8 Å². The molecule has 0 aliphatic carbocycles. The molecule has 1 aliphatic rings. The second-order valence-electron chi connectivity index (χ2n) is 10.7. The normalized spacial score (nSPS) is 19.6. The largest absolute Gasteiger partial charge is 0.531 e. The summed E-state index contributed by atoms with van der Waals surface area (Å²) in [6.45, 7) is 6.78. The highest BCUT2D eigenvalue weighted by molar-refractivity contribution is 6.49. The van der Waals surface area contributed by atoms with Crippen molar-refractivity contribution in [3.8, 4) is 11.3 Å². The zero-order valence-corrected chi connectivity index (χ0v) is 22.6. The van der Waals surface area contributed by atoms with Gasteiger partial charge in [-0.2, -0.15) is 0 Å². The molecule has 0 spiro atoms. The number of aliphatic carboxylic acids is 1. The number of carbonyl (C=O) groups is 4. The molecule has 0 bridgehead atoms. The zero-order valence-electron chi connectivity index (χ0n) is 22.6. The third kappa shape index (κ3) is 8.46. The molecular formula is C28H35BN2O8. The molecule has 2 aromatic rings. The first kappa shape index (κ1) is 30.0. The van der Waals surface area contributed by atoms with Crippen molar-refractivity contribution >= 4 is 30.7 Å². The number of rotatable bonds is 12. The molecule has 39 heavy (non-hydrogen) atoms. The van der Waals surface area contributed by atoms with E-state index < -0.39 is 60.7 Å². The summed E-state index contributed by atoms with van der Waals surface area (Å²) >= 11 is 0. The number of aliphatic hydroxyl groups is 1. The van der Waals surface area contributed by atoms with Crippen LogP contribution in [0.15, 0.2) is 48.5 Å². The summed E-state index contributed by atoms with van der Waals surface area (Å²) < 4.78 is 11.3. The Morgan fingerprint density at radius 2 is 1.79 bits per heavy atom. The van der Waals surface area contributed by atoms with Gasteiger partial charge in [-0.1, -0.05) is 50.2 Å². The molecule has 4 atom stereocenters. The lowest BCUT2D eigenvalue weighted by Crippen LogP contribution is -2.52. The minimum atomic E-state index is -1.28. The molecule has 1 fully saturated rings. The Kier molecular flexibility index (Phi) is 9.99. The van der Waals surface area contributed by atoms with Crippen molar-refractivity contribution in [3.63, 3.8) is 0 Å². The molecule has 0 saturated carbocycles. The third-order valence-corrected chi connectivity index (χ3v) is 6.48. The number of pyridine rings is 1. The summed E-state index contributed by atoms with van der Waals surface area (Å²) in [5.41, 5.74) is 0.212. The van der Waals surface area contributed by atoms with Crippen LogP contribution in [-0.4, -0.2) is 63.7 Å². The lowest BCUT2D eigenvalue weighted by molar-refractivity contribution is -0.153. The van der Waals surface area contributed by atoms with Crippen LogP contribution in [-0.2, 0) is 23.7 Å². The van der Waals surface area contributed by atoms with Crippen molar-refractivity contribution in [1.29, 1.82) is 0 Å². The van der Waals surface area contributed by atoms with E-state index in [1.54, 1.807) is 12.1 Å². The highest BCUT2D eigenvalue weighted by Gasteiger charge is 2.48. The second-order valence-corrected chi connectivity index (χ2v) is 10.7. The molecule has 2 heterocycles. The van der Waals surface area contributed by atoms with Gasteiger partial charge in [-0.05, 0) is 38.3 Å². The molecule has 1 aromatic heterocycles. The van der Waals surface area contributed by atoms with Crippen LogP contribution in [0, 0.1) is 5.92 Å². The summed E-state index contributed by atoms with van der Waals surface area (Å²) in [4.78, 5) is 54.5. The molecule has 1 aliphatic heterocycles. The molecular weight excluding hydrogens is 503 g/mol. The summed E-state index contributed by atoms with van der Waals surface area (Å²) in [6, 6.07) is 13.0. The maximum Gasteiger partial charge on any atom is 0.531 e. The molecule has 1 unspecified atom stereocenters. The lowest BCUT2D eigenvalue weighted by atomic mass is 9.63. The topological polar surface area (TPSA) is 152 Å². The van der Waals surface area contributed by atoms with Gasteiger partial charge in [-0.15, -0.1) is 0 Å². The standard InChI is InChI=1S/C28H35BN2O8/c1-17(2)13-20(29-38-25(36)16-28(4,39-29)15-24(34)35)14-23(33)26(18(3)32)31-27(37)22-12-8-11-21(30-22)19-9-6-5-7-10-19/h5-12,17-18,20,26,32H,13-16H2,1-4H3,(H,31,37)(H,34,35)/t18-,20-,26+,28?/m1/s1. The minimum Gasteiger partial charge on any atom is -0.509 e. The fraction of sp³-hybridized carbons (Fsp3) is 0.464. The van der Waals surface area contributed by atoms with Crippen LogP contribution >= 0.6 is 0 Å². The Morgan fingerprint density at radius 3 is 2.41 bits per heavy atom. The van der Waals surface area contributed by atoms with Crippen molar-refractivity contribution < 1.29 is 38.7 Å². The minimum absolute atomic E-state index is 0.0854. The Morgan fingerprint density at radius 1 is 1.10 bits per heavy atom. The third-order valence-electron chi connectivity index (χ3n) is 6.48. The van der Waals surface area contributed by atoms with Crippen molar-refractivity contribution in [2.75, 3.05) is 0 Å². The number of amides is 1. The van der Waals surface area contributed by atoms with E-state index >= 15 is 0 Å². The van der Waals surface area contributed by atoms with Crippen LogP contribution in [0.3, 0.4) is 0 Å². The summed E-state index contributed by atoms with van der Waals surface area (Å²) in [5, 5.41) is 22.3. The monoisotopic (exact) mass is 538 g/mol. The van der Waals surface area contributed by atoms with E-state index in [2.05, 4.69) is 10.3 Å². The first-order valence-corrected chi connectivity index (χ1v) is 13.0. The quantitative estimate of drug-likeness (QED) is 0.346. The fourth-order valence-corrected chi connectivity index (χ4v) is 4.74. The fourth-order valence-electron chi connectivity index (χ4n) is 4.74. The van der Waals surface area contributed by atoms with Gasteiger partial charge in [0.05, 0.1) is 30.2 Å². The van der Waals surface area contributed by atoms with E-state index in [1.165, 1.54) is 19.9 Å². The predicted octanol–water partition coefficient (Wildman–Crippen LogP) is 3.29. The highest BCUT2D eigenvalue weighted by atomic mass is 16.6. The first-order chi connectivity index (χ1) is 18.4. The summed E-state index contributed by atoms with van der Waals surface area (Å²) in [7, 11) is -1.14. The second kappa shape index (κ2) is 13.0. The van der Waals surface area contributed by atoms with Gasteiger partial charge < -0.3 is 24.8 Å². The number of carbonyl (C=O) groups excluding carboxylic acids is 3. The van der Waals surface area contributed by atoms with Crippen LogP contribution in [0.1, 0.15) is 63.9 Å². The average molecular weight is 538 g/mol. The number of hydrogen-bond donors (Lipinski definition) is 3. The number of carboxylic acids is 1. The summed E-state index contributed by atoms with van der Waals surface area (Å²) in [5.74, 6) is -3.37. The Hall–Kier alpha value is -3.57. The van der Waals surface area contributed by atoms with E-state index in [-0.39, 0.29) is 24.5 Å². The van der Waals surface area contributed by atoms with Crippen LogP contribution in [0.4, 0.5) is 0 Å². The number of nitrogens with zero attached hydrogens (tertiary/aromatic N) is 1. The van der Waals surface area contributed by atoms with Crippen LogP contribution in [0.25, 0.3) is 11.3 Å². The van der Waals surface area contributed by atoms with Crippen molar-refractivity contribution in [2.24, 2.45) is 5.92 Å². The van der Waals surface area contributed by atoms with E-state index in [0.717, 1.165) is 5.56 Å². The molecule has 3 N–H and O–H groups in total. The lowest BCUT2D eigenvalue weighted by Gasteiger charge is -2.38. The molecule has 1 aromatic carbocycles. The van der Waals surface area contributed by atoms with Crippen LogP contribution in [0.2, 0.25) is 5.82 Å². The van der Waals surface area contributed by atoms with Crippen LogP contribution < -0.4 is 5.32 Å². The molecule has 10 nitrogen and oxygen atoms in total. The van der Waals surface area contributed by atoms with E-state index in [9.17, 15) is 29.4 Å². The van der Waals surface area contributed by atoms with Crippen molar-refractivity contribution in [1.82, 2.24) is 10.3 Å². The first-order valence-electron chi connectivity index (χ1n) is 13.0. The maximum absolute atomic E-state index is 13.4. The van der Waals surface area contributed by atoms with E-state index in [4.69, 9.17) is 9.31 Å². The number of aliphatic hydroxyl groups excluding tert-OH is 1. The molecule has 11 heteroatoms. The molecule has 208 valence electrons. The smallest absolute Gasteiger partial charge is 0.509 e. The van der Waals surface area contributed by atoms with Gasteiger partial charge in [0.25, 0.3) is 11.9 Å². The number of hydrogen-bond acceptors (Lipinski definition) is 8. The SMILES string of the molecule is CC(C)C[C@H](CC(=O)[C@@H](NC(=O)c1cccc(-c2ccccc2)n1)[C@@H](C)O)B1OC(=O)CC(C)(CC(=O)O)O1. The van der Waals surface area contributed by atoms with Gasteiger partial charge in [-0.3, -0.25) is 19.2 Å². The van der Waals surface area contributed by atoms with Crippen molar-refractivity contribution in [2.45, 2.75) is 76.9 Å². The summed E-state index contributed by atoms with van der Waals surface area (Å²) in [6.07, 6.45) is -1.59. The number of ketones is 1. The molecule has 1 saturated heterocycles. The predicted molar refractivity (Wildman–Crippen MR) is 144 cm³/mol. The van der Waals surface area contributed by atoms with Gasteiger partial charge in [0.2, 0.25) is 0 Å². The number of carboxylic acid groups (broad SMARTS) is 1. The Bertz CT molecular complexity index is 1190. The molecule has 1 amide bonds. The van der Waals surface area contributed by atoms with Crippen molar-refractivity contribution in [3.05, 3.63) is 54.2 Å². The van der Waals surface area contributed by atoms with Crippen LogP contribution in [0.5, 0.6) is 0 Å². The molecule has 0 radical (unpaired) electrons. The maximum atomic E-state index is 13.4. The Balaban J connectivity index is 1.77. The number of Topliss-reactive ketones (excluding diaryl/α,β-unsaturated/α-hetero) is 1. The number of benzene rings is 1. The number of aromatic nitrogens is 1. The number of nitrogens with one attached hydrogen (secondary N) is 1. The average Bonchev–Trinajstić information content (AvgIpc) is 2.85. The Labute approximate surface area is 228 Å².